The third-order valence-corrected chi connectivity index (χ3v) is 1.08. The highest BCUT2D eigenvalue weighted by Crippen LogP contribution is 1.97. The second kappa shape index (κ2) is 4.37. The Morgan fingerprint density at radius 1 is 1.73 bits per heavy atom. The molecule has 11 heavy (non-hydrogen) atoms. The van der Waals surface area contributed by atoms with E-state index in [9.17, 15) is 19.7 Å². The number of carbonyl (C=O) groups excluding carboxylic acids is 1. The van der Waals surface area contributed by atoms with Crippen LogP contribution >= 0.6 is 0 Å². The van der Waals surface area contributed by atoms with Gasteiger partial charge < -0.3 is 5.11 Å². The van der Waals surface area contributed by atoms with Crippen LogP contribution in [0.15, 0.2) is 0 Å². The monoisotopic (exact) mass is 161 g/mol. The van der Waals surface area contributed by atoms with Gasteiger partial charge in [-0.3, -0.25) is 19.7 Å². The van der Waals surface area contributed by atoms with Crippen molar-refractivity contribution in [3.63, 3.8) is 0 Å². The van der Waals surface area contributed by atoms with E-state index < -0.39 is 16.9 Å². The summed E-state index contributed by atoms with van der Waals surface area (Å²) in [5.41, 5.74) is 0. The Labute approximate surface area is 62.0 Å². The van der Waals surface area contributed by atoms with Gasteiger partial charge in [-0.2, -0.15) is 0 Å². The van der Waals surface area contributed by atoms with Crippen molar-refractivity contribution in [2.45, 2.75) is 18.9 Å². The van der Waals surface area contributed by atoms with Gasteiger partial charge in [0.25, 0.3) is 6.04 Å². The van der Waals surface area contributed by atoms with E-state index in [-0.39, 0.29) is 19.1 Å². The molecule has 6 heteroatoms. The number of rotatable bonds is 5. The van der Waals surface area contributed by atoms with Gasteiger partial charge in [0.1, 0.15) is 0 Å². The Kier molecular flexibility index (Phi) is 3.79. The Balaban J connectivity index is 3.79. The molecule has 0 heterocycles. The third kappa shape index (κ3) is 4.01. The van der Waals surface area contributed by atoms with Gasteiger partial charge in [-0.05, 0) is 0 Å². The molecule has 0 saturated heterocycles. The van der Waals surface area contributed by atoms with Gasteiger partial charge in [-0.15, -0.1) is 0 Å². The molecule has 1 N–H and O–H groups in total. The van der Waals surface area contributed by atoms with Gasteiger partial charge in [0.2, 0.25) is 0 Å². The molecular weight excluding hydrogens is 154 g/mol. The van der Waals surface area contributed by atoms with Gasteiger partial charge in [0.05, 0.1) is 6.42 Å². The number of nitro groups is 1. The van der Waals surface area contributed by atoms with Gasteiger partial charge >= 0.3 is 5.97 Å². The number of nitrogens with zero attached hydrogens (tertiary/aromatic N) is 1. The lowest BCUT2D eigenvalue weighted by Crippen LogP contribution is -2.21. The summed E-state index contributed by atoms with van der Waals surface area (Å²) in [6.45, 7) is 0. The lowest BCUT2D eigenvalue weighted by molar-refractivity contribution is -0.506. The van der Waals surface area contributed by atoms with Crippen molar-refractivity contribution in [3.05, 3.63) is 10.1 Å². The van der Waals surface area contributed by atoms with Crippen LogP contribution in [-0.2, 0) is 9.59 Å². The second-order valence-electron chi connectivity index (χ2n) is 1.92. The largest absolute Gasteiger partial charge is 0.481 e. The fourth-order valence-corrected chi connectivity index (χ4v) is 0.494. The summed E-state index contributed by atoms with van der Waals surface area (Å²) in [5, 5.41) is 18.0. The molecule has 0 fully saturated rings. The van der Waals surface area contributed by atoms with Crippen molar-refractivity contribution < 1.29 is 19.6 Å². The first-order valence-electron chi connectivity index (χ1n) is 2.88. The Hall–Kier alpha value is -1.46. The highest BCUT2D eigenvalue weighted by Gasteiger charge is 2.19. The van der Waals surface area contributed by atoms with E-state index in [0.29, 0.717) is 0 Å². The Bertz CT molecular complexity index is 178. The molecule has 0 aliphatic rings. The fourth-order valence-electron chi connectivity index (χ4n) is 0.494. The number of aliphatic carboxylic acids is 1. The summed E-state index contributed by atoms with van der Waals surface area (Å²) in [6, 6.07) is -1.38. The van der Waals surface area contributed by atoms with Crippen LogP contribution in [0.2, 0.25) is 0 Å². The van der Waals surface area contributed by atoms with E-state index >= 15 is 0 Å². The maximum atomic E-state index is 9.92. The molecular formula is C5H7NO5. The zero-order chi connectivity index (χ0) is 8.85. The molecule has 62 valence electrons. The molecule has 1 atom stereocenters. The fraction of sp³-hybridized carbons (Fsp3) is 0.600. The summed E-state index contributed by atoms with van der Waals surface area (Å²) in [7, 11) is 0. The maximum Gasteiger partial charge on any atom is 0.303 e. The Morgan fingerprint density at radius 3 is 2.55 bits per heavy atom. The van der Waals surface area contributed by atoms with Crippen molar-refractivity contribution in [2.24, 2.45) is 0 Å². The maximum absolute atomic E-state index is 9.92. The molecule has 6 nitrogen and oxygen atoms in total. The van der Waals surface area contributed by atoms with Gasteiger partial charge in [0, 0.05) is 11.3 Å². The quantitative estimate of drug-likeness (QED) is 0.339. The normalized spacial score (nSPS) is 12.0. The average Bonchev–Trinajstić information content (AvgIpc) is 1.87. The molecule has 1 unspecified atom stereocenters. The van der Waals surface area contributed by atoms with Crippen molar-refractivity contribution in [1.82, 2.24) is 0 Å². The summed E-state index contributed by atoms with van der Waals surface area (Å²) >= 11 is 0. The number of hydrogen-bond acceptors (Lipinski definition) is 4. The molecule has 0 radical (unpaired) electrons. The number of carboxylic acids is 1. The van der Waals surface area contributed by atoms with Crippen molar-refractivity contribution in [1.29, 1.82) is 0 Å². The van der Waals surface area contributed by atoms with E-state index in [0.717, 1.165) is 0 Å². The number of carbonyl (C=O) groups is 2. The minimum atomic E-state index is -1.38. The summed E-state index contributed by atoms with van der Waals surface area (Å²) in [6.07, 6.45) is -0.459. The molecule has 0 amide bonds. The van der Waals surface area contributed by atoms with Crippen LogP contribution in [0.25, 0.3) is 0 Å². The van der Waals surface area contributed by atoms with Gasteiger partial charge in [0.15, 0.2) is 6.29 Å². The molecule has 0 spiro atoms. The molecule has 0 aromatic carbocycles. The number of carboxylic acid groups (broad SMARTS) is 1. The lowest BCUT2D eigenvalue weighted by atomic mass is 10.2. The zero-order valence-electron chi connectivity index (χ0n) is 5.60. The van der Waals surface area contributed by atoms with E-state index in [2.05, 4.69) is 0 Å². The van der Waals surface area contributed by atoms with Gasteiger partial charge in [-0.25, -0.2) is 0 Å². The highest BCUT2D eigenvalue weighted by atomic mass is 16.6. The number of hydrogen-bond donors (Lipinski definition) is 1. The predicted molar refractivity (Wildman–Crippen MR) is 33.7 cm³/mol. The van der Waals surface area contributed by atoms with E-state index in [1.165, 1.54) is 0 Å². The van der Waals surface area contributed by atoms with Crippen molar-refractivity contribution >= 4 is 12.3 Å². The topological polar surface area (TPSA) is 97.5 Å². The average molecular weight is 161 g/mol. The zero-order valence-corrected chi connectivity index (χ0v) is 5.60. The summed E-state index contributed by atoms with van der Waals surface area (Å²) < 4.78 is 0. The highest BCUT2D eigenvalue weighted by molar-refractivity contribution is 5.67. The van der Waals surface area contributed by atoms with Crippen LogP contribution < -0.4 is 0 Å². The summed E-state index contributed by atoms with van der Waals surface area (Å²) in [4.78, 5) is 29.0. The second-order valence-corrected chi connectivity index (χ2v) is 1.92. The lowest BCUT2D eigenvalue weighted by Gasteiger charge is -1.97. The smallest absolute Gasteiger partial charge is 0.303 e. The molecule has 0 aliphatic carbocycles. The molecule has 0 saturated carbocycles. The van der Waals surface area contributed by atoms with E-state index in [1.54, 1.807) is 0 Å². The minimum Gasteiger partial charge on any atom is -0.481 e. The standard InChI is InChI=1S/C5H7NO5/c7-3-4(6(10)11)1-2-5(8)9/h3-4H,1-2H2,(H,8,9). The van der Waals surface area contributed by atoms with E-state index in [4.69, 9.17) is 5.11 Å². The van der Waals surface area contributed by atoms with Crippen molar-refractivity contribution in [3.8, 4) is 0 Å². The van der Waals surface area contributed by atoms with Crippen LogP contribution in [0, 0.1) is 10.1 Å². The number of aldehydes is 1. The van der Waals surface area contributed by atoms with Crippen LogP contribution in [0.1, 0.15) is 12.8 Å². The van der Waals surface area contributed by atoms with E-state index in [1.807, 2.05) is 0 Å². The van der Waals surface area contributed by atoms with Crippen LogP contribution in [0.3, 0.4) is 0 Å². The Morgan fingerprint density at radius 2 is 2.27 bits per heavy atom. The van der Waals surface area contributed by atoms with Gasteiger partial charge in [-0.1, -0.05) is 0 Å². The van der Waals surface area contributed by atoms with Crippen LogP contribution in [0.4, 0.5) is 0 Å². The third-order valence-electron chi connectivity index (χ3n) is 1.08. The molecule has 0 rings (SSSR count). The first-order valence-corrected chi connectivity index (χ1v) is 2.88. The molecule has 0 aliphatic heterocycles. The van der Waals surface area contributed by atoms with Crippen molar-refractivity contribution in [2.75, 3.05) is 0 Å². The molecule has 0 aromatic heterocycles. The molecule has 0 bridgehead atoms. The molecule has 0 aromatic rings. The first-order chi connectivity index (χ1) is 5.07. The summed E-state index contributed by atoms with van der Waals surface area (Å²) in [5.74, 6) is -1.14. The first kappa shape index (κ1) is 9.54. The van der Waals surface area contributed by atoms with Crippen LogP contribution in [0.5, 0.6) is 0 Å². The minimum absolute atomic E-state index is 0.142. The predicted octanol–water partition coefficient (Wildman–Crippen LogP) is -0.305. The van der Waals surface area contributed by atoms with Crippen LogP contribution in [-0.4, -0.2) is 28.3 Å². The SMILES string of the molecule is O=CC(CCC(=O)O)[N+](=O)[O-].